The maximum atomic E-state index is 15.0. The normalized spacial score (nSPS) is 24.4. The first kappa shape index (κ1) is 22.2. The third-order valence-corrected chi connectivity index (χ3v) is 9.46. The van der Waals surface area contributed by atoms with Gasteiger partial charge in [0.2, 0.25) is 15.9 Å². The average Bonchev–Trinajstić information content (AvgIpc) is 3.26. The molecule has 2 aliphatic heterocycles. The molecule has 0 aliphatic carbocycles. The number of halogens is 1. The zero-order valence-electron chi connectivity index (χ0n) is 17.8. The number of nitrogens with zero attached hydrogens (tertiary/aromatic N) is 3. The highest BCUT2D eigenvalue weighted by Crippen LogP contribution is 2.39. The fourth-order valence-corrected chi connectivity index (χ4v) is 7.43. The Hall–Kier alpha value is -1.97. The van der Waals surface area contributed by atoms with Gasteiger partial charge in [0.25, 0.3) is 0 Å². The number of sulfonamides is 1. The van der Waals surface area contributed by atoms with E-state index in [-0.39, 0.29) is 18.5 Å². The number of carbonyl (C=O) groups is 1. The van der Waals surface area contributed by atoms with Crippen molar-refractivity contribution in [3.63, 3.8) is 0 Å². The van der Waals surface area contributed by atoms with Crippen LogP contribution in [0.3, 0.4) is 0 Å². The molecule has 0 spiro atoms. The average molecular weight is 466 g/mol. The van der Waals surface area contributed by atoms with E-state index in [4.69, 9.17) is 0 Å². The highest BCUT2D eigenvalue weighted by molar-refractivity contribution is 7.89. The molecule has 2 saturated heterocycles. The predicted molar refractivity (Wildman–Crippen MR) is 121 cm³/mol. The third-order valence-electron chi connectivity index (χ3n) is 6.39. The number of hydrogen-bond donors (Lipinski definition) is 0. The molecule has 1 aromatic heterocycles. The van der Waals surface area contributed by atoms with E-state index in [1.165, 1.54) is 21.7 Å². The lowest BCUT2D eigenvalue weighted by Gasteiger charge is -2.37. The molecule has 9 heteroatoms. The summed E-state index contributed by atoms with van der Waals surface area (Å²) in [5.74, 6) is -0.342. The Morgan fingerprint density at radius 1 is 1.16 bits per heavy atom. The third kappa shape index (κ3) is 4.49. The number of amides is 1. The molecular formula is C22H28FN3O3S2. The fourth-order valence-electron chi connectivity index (χ4n) is 4.45. The summed E-state index contributed by atoms with van der Waals surface area (Å²) in [6, 6.07) is 6.72. The number of benzene rings is 1. The van der Waals surface area contributed by atoms with Gasteiger partial charge in [0.15, 0.2) is 0 Å². The molecule has 0 unspecified atom stereocenters. The van der Waals surface area contributed by atoms with Crippen LogP contribution in [0.5, 0.6) is 0 Å². The number of piperazine rings is 1. The number of carbonyl (C=O) groups excluding carboxylic acids is 1. The van der Waals surface area contributed by atoms with Crippen molar-refractivity contribution in [2.75, 3.05) is 31.1 Å². The molecule has 0 radical (unpaired) electrons. The van der Waals surface area contributed by atoms with Crippen molar-refractivity contribution in [3.05, 3.63) is 52.0 Å². The Bertz CT molecular complexity index is 1030. The van der Waals surface area contributed by atoms with E-state index in [1.54, 1.807) is 17.9 Å². The summed E-state index contributed by atoms with van der Waals surface area (Å²) >= 11 is 1.49. The Kier molecular flexibility index (Phi) is 6.37. The van der Waals surface area contributed by atoms with Crippen LogP contribution in [0, 0.1) is 5.82 Å². The summed E-state index contributed by atoms with van der Waals surface area (Å²) in [5.41, 5.74) is 1.96. The molecule has 0 bridgehead atoms. The van der Waals surface area contributed by atoms with E-state index < -0.39 is 21.1 Å². The van der Waals surface area contributed by atoms with Crippen molar-refractivity contribution < 1.29 is 17.6 Å². The van der Waals surface area contributed by atoms with Gasteiger partial charge in [-0.25, -0.2) is 12.8 Å². The van der Waals surface area contributed by atoms with Gasteiger partial charge in [0.05, 0.1) is 0 Å². The summed E-state index contributed by atoms with van der Waals surface area (Å²) in [6.07, 6.45) is 1.34. The lowest BCUT2D eigenvalue weighted by atomic mass is 10.1. The van der Waals surface area contributed by atoms with Crippen LogP contribution >= 0.6 is 11.3 Å². The molecule has 0 saturated carbocycles. The summed E-state index contributed by atoms with van der Waals surface area (Å²) in [7, 11) is -3.57. The molecule has 0 N–H and O–H groups in total. The highest BCUT2D eigenvalue weighted by atomic mass is 32.2. The van der Waals surface area contributed by atoms with Gasteiger partial charge in [0.1, 0.15) is 11.1 Å². The number of thiophene rings is 1. The number of anilines is 1. The molecule has 1 amide bonds. The van der Waals surface area contributed by atoms with Crippen molar-refractivity contribution in [1.82, 2.24) is 9.21 Å². The van der Waals surface area contributed by atoms with Gasteiger partial charge in [-0.2, -0.15) is 15.6 Å². The van der Waals surface area contributed by atoms with Gasteiger partial charge in [-0.3, -0.25) is 4.79 Å². The Morgan fingerprint density at radius 3 is 2.52 bits per heavy atom. The van der Waals surface area contributed by atoms with Crippen LogP contribution in [0.1, 0.15) is 43.1 Å². The van der Waals surface area contributed by atoms with Crippen LogP contribution in [0.15, 0.2) is 35.0 Å². The number of rotatable bonds is 4. The van der Waals surface area contributed by atoms with Gasteiger partial charge in [-0.05, 0) is 54.3 Å². The van der Waals surface area contributed by atoms with Crippen molar-refractivity contribution >= 4 is 33.0 Å². The van der Waals surface area contributed by atoms with Crippen molar-refractivity contribution in [1.29, 1.82) is 0 Å². The molecular weight excluding hydrogens is 437 g/mol. The van der Waals surface area contributed by atoms with E-state index >= 15 is 4.39 Å². The lowest BCUT2D eigenvalue weighted by Crippen LogP contribution is -2.48. The van der Waals surface area contributed by atoms with E-state index in [2.05, 4.69) is 4.90 Å². The topological polar surface area (TPSA) is 60.9 Å². The zero-order valence-corrected chi connectivity index (χ0v) is 19.5. The van der Waals surface area contributed by atoms with Crippen molar-refractivity contribution in [2.24, 2.45) is 0 Å². The molecule has 2 aliphatic rings. The SMILES string of the molecule is CC(=O)N1CCN(c2ccc(CN3[C@@H](C)CC[C@H](c4ccsc4)S3(=O)=O)c(F)c2)CC1. The molecule has 6 nitrogen and oxygen atoms in total. The summed E-state index contributed by atoms with van der Waals surface area (Å²) in [5, 5.41) is 3.22. The highest BCUT2D eigenvalue weighted by Gasteiger charge is 2.40. The molecule has 2 atom stereocenters. The molecule has 168 valence electrons. The minimum Gasteiger partial charge on any atom is -0.368 e. The minimum atomic E-state index is -3.57. The fraction of sp³-hybridized carbons (Fsp3) is 0.500. The maximum Gasteiger partial charge on any atom is 0.221 e. The molecule has 2 aromatic rings. The zero-order chi connectivity index (χ0) is 22.2. The first-order valence-corrected chi connectivity index (χ1v) is 13.0. The lowest BCUT2D eigenvalue weighted by molar-refractivity contribution is -0.129. The second-order valence-electron chi connectivity index (χ2n) is 8.33. The first-order valence-electron chi connectivity index (χ1n) is 10.6. The Labute approximate surface area is 187 Å². The first-order chi connectivity index (χ1) is 14.8. The smallest absolute Gasteiger partial charge is 0.221 e. The van der Waals surface area contributed by atoms with Crippen molar-refractivity contribution in [3.8, 4) is 0 Å². The summed E-state index contributed by atoms with van der Waals surface area (Å²) in [4.78, 5) is 15.3. The van der Waals surface area contributed by atoms with Crippen LogP contribution in [-0.2, 0) is 21.4 Å². The molecule has 31 heavy (non-hydrogen) atoms. The Balaban J connectivity index is 1.50. The summed E-state index contributed by atoms with van der Waals surface area (Å²) < 4.78 is 43.1. The molecule has 2 fully saturated rings. The van der Waals surface area contributed by atoms with E-state index in [0.717, 1.165) is 17.7 Å². The van der Waals surface area contributed by atoms with E-state index in [9.17, 15) is 13.2 Å². The van der Waals surface area contributed by atoms with Gasteiger partial charge < -0.3 is 9.80 Å². The van der Waals surface area contributed by atoms with Gasteiger partial charge in [0, 0.05) is 56.9 Å². The standard InChI is InChI=1S/C22H28FN3O3S2/c1-16-3-6-22(19-7-12-30-15-19)31(28,29)26(16)14-18-4-5-20(13-21(18)23)25-10-8-24(9-11-25)17(2)27/h4-5,7,12-13,15-16,22H,3,6,8-11,14H2,1-2H3/t16-,22+/m0/s1. The second kappa shape index (κ2) is 8.88. The van der Waals surface area contributed by atoms with Gasteiger partial charge >= 0.3 is 0 Å². The largest absolute Gasteiger partial charge is 0.368 e. The van der Waals surface area contributed by atoms with Crippen LogP contribution in [0.4, 0.5) is 10.1 Å². The quantitative estimate of drug-likeness (QED) is 0.692. The molecule has 4 rings (SSSR count). The molecule has 3 heterocycles. The van der Waals surface area contributed by atoms with Crippen molar-refractivity contribution in [2.45, 2.75) is 44.5 Å². The summed E-state index contributed by atoms with van der Waals surface area (Å²) in [6.45, 7) is 6.02. The van der Waals surface area contributed by atoms with Crippen LogP contribution in [0.2, 0.25) is 0 Å². The van der Waals surface area contributed by atoms with Crippen LogP contribution in [0.25, 0.3) is 0 Å². The van der Waals surface area contributed by atoms with E-state index in [1.807, 2.05) is 29.8 Å². The van der Waals surface area contributed by atoms with Gasteiger partial charge in [-0.15, -0.1) is 0 Å². The molecule has 1 aromatic carbocycles. The number of hydrogen-bond acceptors (Lipinski definition) is 5. The second-order valence-corrected chi connectivity index (χ2v) is 11.2. The predicted octanol–water partition coefficient (Wildman–Crippen LogP) is 3.61. The minimum absolute atomic E-state index is 0.0361. The van der Waals surface area contributed by atoms with Crippen LogP contribution < -0.4 is 4.90 Å². The Morgan fingerprint density at radius 2 is 1.90 bits per heavy atom. The monoisotopic (exact) mass is 465 g/mol. The van der Waals surface area contributed by atoms with E-state index in [0.29, 0.717) is 38.2 Å². The maximum absolute atomic E-state index is 15.0. The van der Waals surface area contributed by atoms with Crippen LogP contribution in [-0.4, -0.2) is 55.8 Å². The van der Waals surface area contributed by atoms with Gasteiger partial charge in [-0.1, -0.05) is 6.07 Å².